The number of halogens is 1. The van der Waals surface area contributed by atoms with Gasteiger partial charge in [-0.25, -0.2) is 0 Å². The van der Waals surface area contributed by atoms with E-state index in [9.17, 15) is 5.11 Å². The molecule has 0 spiro atoms. The first-order chi connectivity index (χ1) is 6.29. The minimum Gasteiger partial charge on any atom is -0.392 e. The fraction of sp³-hybridized carbons (Fsp3) is 0.455. The molecule has 1 aromatic carbocycles. The fourth-order valence-corrected chi connectivity index (χ4v) is 3.97. The van der Waals surface area contributed by atoms with Gasteiger partial charge in [0, 0.05) is 10.7 Å². The van der Waals surface area contributed by atoms with Gasteiger partial charge in [0.2, 0.25) is 0 Å². The molecule has 0 aliphatic heterocycles. The Balaban J connectivity index is 2.18. The molecule has 2 aliphatic rings. The van der Waals surface area contributed by atoms with Crippen molar-refractivity contribution in [2.75, 3.05) is 0 Å². The van der Waals surface area contributed by atoms with Gasteiger partial charge in [-0.2, -0.15) is 0 Å². The Morgan fingerprint density at radius 2 is 1.92 bits per heavy atom. The van der Waals surface area contributed by atoms with Gasteiger partial charge < -0.3 is 5.11 Å². The highest BCUT2D eigenvalue weighted by Crippen LogP contribution is 2.56. The van der Waals surface area contributed by atoms with Crippen LogP contribution < -0.4 is 0 Å². The second-order valence-electron chi connectivity index (χ2n) is 4.01. The van der Waals surface area contributed by atoms with E-state index >= 15 is 0 Å². The fourth-order valence-electron chi connectivity index (χ4n) is 2.83. The minimum atomic E-state index is -0.135. The maximum absolute atomic E-state index is 9.81. The number of hydrogen-bond donors (Lipinski definition) is 1. The zero-order valence-corrected chi connectivity index (χ0v) is 8.74. The Bertz CT molecular complexity index is 350. The van der Waals surface area contributed by atoms with Crippen molar-refractivity contribution < 1.29 is 5.11 Å². The molecule has 0 heterocycles. The van der Waals surface area contributed by atoms with Crippen molar-refractivity contribution >= 4 is 15.9 Å². The van der Waals surface area contributed by atoms with Crippen molar-refractivity contribution in [2.24, 2.45) is 0 Å². The van der Waals surface area contributed by atoms with Crippen LogP contribution in [0.15, 0.2) is 24.3 Å². The molecule has 1 nitrogen and oxygen atoms in total. The second kappa shape index (κ2) is 2.58. The number of rotatable bonds is 0. The third kappa shape index (κ3) is 0.906. The molecule has 0 saturated heterocycles. The van der Waals surface area contributed by atoms with Gasteiger partial charge in [-0.05, 0) is 23.5 Å². The van der Waals surface area contributed by atoms with Crippen molar-refractivity contribution in [3.8, 4) is 0 Å². The summed E-state index contributed by atoms with van der Waals surface area (Å²) in [4.78, 5) is 0.458. The predicted octanol–water partition coefficient (Wildman–Crippen LogP) is 2.40. The van der Waals surface area contributed by atoms with Gasteiger partial charge in [0.25, 0.3) is 0 Å². The lowest BCUT2D eigenvalue weighted by Crippen LogP contribution is -2.16. The normalized spacial score (nSPS) is 40.8. The van der Waals surface area contributed by atoms with Crippen LogP contribution in [0, 0.1) is 0 Å². The zero-order chi connectivity index (χ0) is 9.00. The first-order valence-electron chi connectivity index (χ1n) is 4.70. The molecule has 1 saturated carbocycles. The van der Waals surface area contributed by atoms with Gasteiger partial charge >= 0.3 is 0 Å². The summed E-state index contributed by atoms with van der Waals surface area (Å²) in [6.45, 7) is 0. The van der Waals surface area contributed by atoms with E-state index in [0.717, 1.165) is 6.42 Å². The highest BCUT2D eigenvalue weighted by Gasteiger charge is 2.49. The quantitative estimate of drug-likeness (QED) is 0.689. The van der Waals surface area contributed by atoms with Gasteiger partial charge in [0.1, 0.15) is 0 Å². The zero-order valence-electron chi connectivity index (χ0n) is 7.15. The second-order valence-corrected chi connectivity index (χ2v) is 5.07. The average molecular weight is 239 g/mol. The van der Waals surface area contributed by atoms with E-state index in [4.69, 9.17) is 0 Å². The van der Waals surface area contributed by atoms with Gasteiger partial charge in [0.05, 0.1) is 6.10 Å². The van der Waals surface area contributed by atoms with Crippen molar-refractivity contribution in [1.29, 1.82) is 0 Å². The Hall–Kier alpha value is -0.340. The minimum absolute atomic E-state index is 0.135. The lowest BCUT2D eigenvalue weighted by atomic mass is 9.90. The van der Waals surface area contributed by atoms with E-state index in [-0.39, 0.29) is 6.10 Å². The average Bonchev–Trinajstić information content (AvgIpc) is 2.56. The van der Waals surface area contributed by atoms with Crippen LogP contribution in [0.25, 0.3) is 0 Å². The van der Waals surface area contributed by atoms with Crippen molar-refractivity contribution in [1.82, 2.24) is 0 Å². The lowest BCUT2D eigenvalue weighted by molar-refractivity contribution is 0.159. The SMILES string of the molecule is O[C@@H]1C[C@@H]2c3ccccc3[C@H]1[C@@H]2Br. The monoisotopic (exact) mass is 238 g/mol. The lowest BCUT2D eigenvalue weighted by Gasteiger charge is -2.19. The molecule has 2 heteroatoms. The molecule has 0 amide bonds. The summed E-state index contributed by atoms with van der Waals surface area (Å²) in [7, 11) is 0. The highest BCUT2D eigenvalue weighted by molar-refractivity contribution is 9.09. The van der Waals surface area contributed by atoms with E-state index in [1.807, 2.05) is 0 Å². The molecule has 3 rings (SSSR count). The van der Waals surface area contributed by atoms with Gasteiger partial charge in [0.15, 0.2) is 0 Å². The molecule has 0 aromatic heterocycles. The maximum Gasteiger partial charge on any atom is 0.0626 e. The number of fused-ring (bicyclic) bond motifs is 5. The molecule has 1 N–H and O–H groups in total. The molecule has 0 unspecified atom stereocenters. The molecule has 1 aromatic rings. The summed E-state index contributed by atoms with van der Waals surface area (Å²) in [6, 6.07) is 8.49. The summed E-state index contributed by atoms with van der Waals surface area (Å²) >= 11 is 3.69. The van der Waals surface area contributed by atoms with Crippen LogP contribution in [0.4, 0.5) is 0 Å². The Labute approximate surface area is 85.9 Å². The van der Waals surface area contributed by atoms with Crippen LogP contribution in [0.2, 0.25) is 0 Å². The smallest absolute Gasteiger partial charge is 0.0626 e. The number of aliphatic hydroxyl groups excluding tert-OH is 1. The van der Waals surface area contributed by atoms with E-state index < -0.39 is 0 Å². The third-order valence-electron chi connectivity index (χ3n) is 3.39. The van der Waals surface area contributed by atoms with E-state index in [1.165, 1.54) is 11.1 Å². The number of hydrogen-bond acceptors (Lipinski definition) is 1. The van der Waals surface area contributed by atoms with Crippen LogP contribution in [0.3, 0.4) is 0 Å². The number of alkyl halides is 1. The number of benzene rings is 1. The summed E-state index contributed by atoms with van der Waals surface area (Å²) in [6.07, 6.45) is 0.793. The summed E-state index contributed by atoms with van der Waals surface area (Å²) in [5.74, 6) is 0.873. The van der Waals surface area contributed by atoms with Crippen LogP contribution >= 0.6 is 15.9 Å². The van der Waals surface area contributed by atoms with E-state index in [1.54, 1.807) is 0 Å². The molecule has 68 valence electrons. The predicted molar refractivity (Wildman–Crippen MR) is 55.3 cm³/mol. The summed E-state index contributed by atoms with van der Waals surface area (Å²) in [5, 5.41) is 9.81. The maximum atomic E-state index is 9.81. The molecule has 2 bridgehead atoms. The molecular weight excluding hydrogens is 228 g/mol. The Morgan fingerprint density at radius 1 is 1.23 bits per heavy atom. The van der Waals surface area contributed by atoms with Crippen LogP contribution in [-0.2, 0) is 0 Å². The molecule has 2 aliphatic carbocycles. The molecule has 0 radical (unpaired) electrons. The van der Waals surface area contributed by atoms with Crippen molar-refractivity contribution in [3.05, 3.63) is 35.4 Å². The molecule has 1 fully saturated rings. The molecule has 13 heavy (non-hydrogen) atoms. The van der Waals surface area contributed by atoms with Gasteiger partial charge in [-0.1, -0.05) is 40.2 Å². The van der Waals surface area contributed by atoms with E-state index in [0.29, 0.717) is 16.7 Å². The first kappa shape index (κ1) is 8.01. The van der Waals surface area contributed by atoms with Crippen LogP contribution in [0.1, 0.15) is 29.4 Å². The largest absolute Gasteiger partial charge is 0.392 e. The van der Waals surface area contributed by atoms with Crippen molar-refractivity contribution in [3.63, 3.8) is 0 Å². The molecular formula is C11H11BrO. The van der Waals surface area contributed by atoms with Crippen LogP contribution in [0.5, 0.6) is 0 Å². The van der Waals surface area contributed by atoms with Crippen LogP contribution in [-0.4, -0.2) is 16.0 Å². The van der Waals surface area contributed by atoms with Gasteiger partial charge in [-0.15, -0.1) is 0 Å². The Morgan fingerprint density at radius 3 is 2.69 bits per heavy atom. The van der Waals surface area contributed by atoms with E-state index in [2.05, 4.69) is 40.2 Å². The third-order valence-corrected chi connectivity index (χ3v) is 4.60. The van der Waals surface area contributed by atoms with Crippen molar-refractivity contribution in [2.45, 2.75) is 29.2 Å². The summed E-state index contributed by atoms with van der Waals surface area (Å²) < 4.78 is 0. The standard InChI is InChI=1S/C11H11BrO/c12-11-8-5-9(13)10(11)7-4-2-1-3-6(7)8/h1-4,8-11,13H,5H2/t8-,9-,10-,11-/m1/s1. The summed E-state index contributed by atoms with van der Waals surface area (Å²) in [5.41, 5.74) is 2.80. The number of aliphatic hydroxyl groups is 1. The topological polar surface area (TPSA) is 20.2 Å². The first-order valence-corrected chi connectivity index (χ1v) is 5.61. The molecule has 4 atom stereocenters. The Kier molecular flexibility index (Phi) is 1.59. The van der Waals surface area contributed by atoms with Gasteiger partial charge in [-0.3, -0.25) is 0 Å². The highest BCUT2D eigenvalue weighted by atomic mass is 79.9.